The van der Waals surface area contributed by atoms with Crippen molar-refractivity contribution < 1.29 is 9.84 Å². The van der Waals surface area contributed by atoms with Gasteiger partial charge in [0, 0.05) is 22.8 Å². The smallest absolute Gasteiger partial charge is 0.178 e. The summed E-state index contributed by atoms with van der Waals surface area (Å²) in [4.78, 5) is 12.0. The predicted octanol–water partition coefficient (Wildman–Crippen LogP) is 2.35. The second-order valence-corrected chi connectivity index (χ2v) is 6.07. The lowest BCUT2D eigenvalue weighted by atomic mass is 10.2. The van der Waals surface area contributed by atoms with Crippen LogP contribution in [0.4, 0.5) is 0 Å². The van der Waals surface area contributed by atoms with Crippen LogP contribution in [0.2, 0.25) is 0 Å². The topological polar surface area (TPSA) is 83.1 Å². The highest BCUT2D eigenvalue weighted by Crippen LogP contribution is 2.23. The molecule has 0 bridgehead atoms. The summed E-state index contributed by atoms with van der Waals surface area (Å²) in [6.45, 7) is 0.752. The third kappa shape index (κ3) is 3.87. The molecule has 1 atom stereocenters. The van der Waals surface area contributed by atoms with Gasteiger partial charge in [-0.1, -0.05) is 0 Å². The van der Waals surface area contributed by atoms with Gasteiger partial charge in [0.1, 0.15) is 24.3 Å². The molecule has 0 amide bonds. The lowest BCUT2D eigenvalue weighted by Crippen LogP contribution is -2.29. The van der Waals surface area contributed by atoms with Crippen LogP contribution in [0.1, 0.15) is 0 Å². The molecule has 0 saturated heterocycles. The normalized spacial score (nSPS) is 12.5. The van der Waals surface area contributed by atoms with E-state index in [0.717, 1.165) is 21.4 Å². The summed E-state index contributed by atoms with van der Waals surface area (Å²) >= 11 is 3.40. The van der Waals surface area contributed by atoms with E-state index in [9.17, 15) is 5.11 Å². The number of H-pyrrole nitrogens is 1. The number of likely N-dealkylation sites (N-methyl/N-ethyl adjacent to an activating group) is 1. The highest BCUT2D eigenvalue weighted by atomic mass is 79.9. The molecule has 0 spiro atoms. The lowest BCUT2D eigenvalue weighted by Gasteiger charge is -2.11. The maximum atomic E-state index is 9.63. The number of nitrogens with one attached hydrogen (secondary N) is 2. The summed E-state index contributed by atoms with van der Waals surface area (Å²) in [5.41, 5.74) is 2.51. The van der Waals surface area contributed by atoms with Crippen molar-refractivity contribution in [1.29, 1.82) is 0 Å². The predicted molar refractivity (Wildman–Crippen MR) is 92.5 cm³/mol. The fourth-order valence-corrected chi connectivity index (χ4v) is 2.54. The number of aromatic amines is 1. The van der Waals surface area contributed by atoms with Crippen molar-refractivity contribution >= 4 is 27.1 Å². The first kappa shape index (κ1) is 15.9. The van der Waals surface area contributed by atoms with Crippen molar-refractivity contribution in [3.8, 4) is 17.1 Å². The number of aromatic nitrogens is 3. The van der Waals surface area contributed by atoms with Crippen molar-refractivity contribution in [3.63, 3.8) is 0 Å². The first-order chi connectivity index (χ1) is 11.2. The molecule has 0 saturated carbocycles. The molecule has 1 unspecified atom stereocenters. The Hall–Kier alpha value is -1.96. The van der Waals surface area contributed by atoms with E-state index in [1.54, 1.807) is 13.2 Å². The van der Waals surface area contributed by atoms with E-state index < -0.39 is 6.10 Å². The van der Waals surface area contributed by atoms with Crippen LogP contribution in [-0.2, 0) is 0 Å². The third-order valence-electron chi connectivity index (χ3n) is 3.31. The van der Waals surface area contributed by atoms with Crippen LogP contribution in [0, 0.1) is 0 Å². The molecule has 0 aliphatic heterocycles. The maximum absolute atomic E-state index is 9.63. The molecule has 120 valence electrons. The maximum Gasteiger partial charge on any atom is 0.178 e. The van der Waals surface area contributed by atoms with Crippen LogP contribution in [0.25, 0.3) is 22.6 Å². The summed E-state index contributed by atoms with van der Waals surface area (Å²) < 4.78 is 6.45. The van der Waals surface area contributed by atoms with Crippen molar-refractivity contribution in [2.24, 2.45) is 0 Å². The minimum absolute atomic E-state index is 0.253. The SMILES string of the molecule is CNCC(O)COc1ccc(-c2nc3ncc(Br)cc3[nH]2)cc1. The zero-order valence-corrected chi connectivity index (χ0v) is 14.2. The Bertz CT molecular complexity index is 788. The van der Waals surface area contributed by atoms with Gasteiger partial charge in [-0.2, -0.15) is 0 Å². The third-order valence-corrected chi connectivity index (χ3v) is 3.75. The van der Waals surface area contributed by atoms with Gasteiger partial charge in [-0.15, -0.1) is 0 Å². The number of rotatable bonds is 6. The molecule has 2 aromatic heterocycles. The number of hydrogen-bond acceptors (Lipinski definition) is 5. The van der Waals surface area contributed by atoms with Crippen LogP contribution < -0.4 is 10.1 Å². The Labute approximate surface area is 142 Å². The molecule has 2 heterocycles. The van der Waals surface area contributed by atoms with Gasteiger partial charge >= 0.3 is 0 Å². The Balaban J connectivity index is 1.73. The molecule has 3 aromatic rings. The minimum Gasteiger partial charge on any atom is -0.491 e. The van der Waals surface area contributed by atoms with E-state index >= 15 is 0 Å². The Morgan fingerprint density at radius 2 is 2.13 bits per heavy atom. The molecule has 3 N–H and O–H groups in total. The number of hydrogen-bond donors (Lipinski definition) is 3. The van der Waals surface area contributed by atoms with Gasteiger partial charge in [0.15, 0.2) is 5.65 Å². The molecule has 0 aliphatic rings. The fraction of sp³-hybridized carbons (Fsp3) is 0.250. The number of benzene rings is 1. The number of ether oxygens (including phenoxy) is 1. The number of nitrogens with zero attached hydrogens (tertiary/aromatic N) is 2. The summed E-state index contributed by atoms with van der Waals surface area (Å²) in [5.74, 6) is 1.47. The summed E-state index contributed by atoms with van der Waals surface area (Å²) in [6.07, 6.45) is 1.19. The molecule has 1 aromatic carbocycles. The molecule has 3 rings (SSSR count). The van der Waals surface area contributed by atoms with Crippen LogP contribution in [0.5, 0.6) is 5.75 Å². The van der Waals surface area contributed by atoms with Gasteiger partial charge in [-0.05, 0) is 53.3 Å². The fourth-order valence-electron chi connectivity index (χ4n) is 2.21. The van der Waals surface area contributed by atoms with Gasteiger partial charge in [-0.25, -0.2) is 9.97 Å². The number of pyridine rings is 1. The van der Waals surface area contributed by atoms with E-state index in [1.807, 2.05) is 30.3 Å². The van der Waals surface area contributed by atoms with E-state index in [1.165, 1.54) is 0 Å². The first-order valence-corrected chi connectivity index (χ1v) is 8.02. The Kier molecular flexibility index (Phi) is 4.90. The van der Waals surface area contributed by atoms with Gasteiger partial charge in [-0.3, -0.25) is 0 Å². The zero-order valence-electron chi connectivity index (χ0n) is 12.6. The van der Waals surface area contributed by atoms with Gasteiger partial charge in [0.2, 0.25) is 0 Å². The monoisotopic (exact) mass is 376 g/mol. The van der Waals surface area contributed by atoms with E-state index in [0.29, 0.717) is 17.9 Å². The summed E-state index contributed by atoms with van der Waals surface area (Å²) in [6, 6.07) is 9.51. The second-order valence-electron chi connectivity index (χ2n) is 5.16. The average molecular weight is 377 g/mol. The second kappa shape index (κ2) is 7.08. The number of aliphatic hydroxyl groups is 1. The van der Waals surface area contributed by atoms with Gasteiger partial charge in [0.05, 0.1) is 5.52 Å². The molecule has 0 radical (unpaired) electrons. The average Bonchev–Trinajstić information content (AvgIpc) is 2.97. The molecule has 23 heavy (non-hydrogen) atoms. The van der Waals surface area contributed by atoms with Crippen molar-refractivity contribution in [2.75, 3.05) is 20.2 Å². The lowest BCUT2D eigenvalue weighted by molar-refractivity contribution is 0.108. The Morgan fingerprint density at radius 3 is 2.87 bits per heavy atom. The van der Waals surface area contributed by atoms with Crippen LogP contribution in [0.3, 0.4) is 0 Å². The largest absolute Gasteiger partial charge is 0.491 e. The highest BCUT2D eigenvalue weighted by Gasteiger charge is 2.08. The molecule has 7 heteroatoms. The van der Waals surface area contributed by atoms with Gasteiger partial charge < -0.3 is 20.1 Å². The van der Waals surface area contributed by atoms with Gasteiger partial charge in [0.25, 0.3) is 0 Å². The van der Waals surface area contributed by atoms with Crippen LogP contribution >= 0.6 is 15.9 Å². The zero-order chi connectivity index (χ0) is 16.2. The summed E-state index contributed by atoms with van der Waals surface area (Å²) in [5, 5.41) is 12.5. The van der Waals surface area contributed by atoms with Crippen LogP contribution in [0.15, 0.2) is 41.0 Å². The molecular formula is C16H17BrN4O2. The number of imidazole rings is 1. The molecule has 0 fully saturated rings. The van der Waals surface area contributed by atoms with Crippen molar-refractivity contribution in [3.05, 3.63) is 41.0 Å². The van der Waals surface area contributed by atoms with E-state index in [4.69, 9.17) is 4.74 Å². The number of fused-ring (bicyclic) bond motifs is 1. The minimum atomic E-state index is -0.528. The quantitative estimate of drug-likeness (QED) is 0.614. The molecular weight excluding hydrogens is 360 g/mol. The standard InChI is InChI=1S/C16H17BrN4O2/c1-18-8-12(22)9-23-13-4-2-10(3-5-13)15-20-14-6-11(17)7-19-16(14)21-15/h2-7,12,18,22H,8-9H2,1H3,(H,19,20,21). The molecule has 0 aliphatic carbocycles. The number of halogens is 1. The summed E-state index contributed by atoms with van der Waals surface area (Å²) in [7, 11) is 1.79. The van der Waals surface area contributed by atoms with Crippen molar-refractivity contribution in [2.45, 2.75) is 6.10 Å². The van der Waals surface area contributed by atoms with Crippen molar-refractivity contribution in [1.82, 2.24) is 20.3 Å². The van der Waals surface area contributed by atoms with E-state index in [2.05, 4.69) is 36.2 Å². The number of aliphatic hydroxyl groups excluding tert-OH is 1. The first-order valence-electron chi connectivity index (χ1n) is 7.23. The Morgan fingerprint density at radius 1 is 1.35 bits per heavy atom. The highest BCUT2D eigenvalue weighted by molar-refractivity contribution is 9.10. The van der Waals surface area contributed by atoms with Crippen LogP contribution in [-0.4, -0.2) is 46.4 Å². The molecule has 6 nitrogen and oxygen atoms in total. The van der Waals surface area contributed by atoms with E-state index in [-0.39, 0.29) is 6.61 Å².